The zero-order valence-corrected chi connectivity index (χ0v) is 12.5. The van der Waals surface area contributed by atoms with Crippen LogP contribution in [0.4, 0.5) is 0 Å². The van der Waals surface area contributed by atoms with Gasteiger partial charge in [0.15, 0.2) is 6.04 Å². The number of rotatable bonds is 4. The molecule has 5 nitrogen and oxygen atoms in total. The summed E-state index contributed by atoms with van der Waals surface area (Å²) >= 11 is 1.33. The second-order valence-corrected chi connectivity index (χ2v) is 6.75. The minimum atomic E-state index is -1.03. The average molecular weight is 296 g/mol. The third-order valence-electron chi connectivity index (χ3n) is 3.75. The largest absolute Gasteiger partial charge is 0.479 e. The van der Waals surface area contributed by atoms with Crippen molar-refractivity contribution in [3.05, 3.63) is 22.4 Å². The number of aliphatic carboxylic acids is 1. The second kappa shape index (κ2) is 5.93. The molecule has 110 valence electrons. The first-order chi connectivity index (χ1) is 9.42. The lowest BCUT2D eigenvalue weighted by Gasteiger charge is -2.38. The molecular weight excluding hydrogens is 276 g/mol. The van der Waals surface area contributed by atoms with Gasteiger partial charge in [-0.1, -0.05) is 19.9 Å². The molecule has 1 amide bonds. The molecule has 1 aliphatic heterocycles. The SMILES string of the molecule is CC1(C)CCCNC1C(=O)NC(C(=O)O)c1cccs1. The molecule has 0 aromatic carbocycles. The Morgan fingerprint density at radius 1 is 1.55 bits per heavy atom. The van der Waals surface area contributed by atoms with Crippen LogP contribution in [0.5, 0.6) is 0 Å². The molecule has 3 N–H and O–H groups in total. The summed E-state index contributed by atoms with van der Waals surface area (Å²) in [5.74, 6) is -1.27. The number of carbonyl (C=O) groups excluding carboxylic acids is 1. The number of piperidine rings is 1. The molecule has 1 saturated heterocycles. The van der Waals surface area contributed by atoms with Crippen LogP contribution in [0, 0.1) is 5.41 Å². The monoisotopic (exact) mass is 296 g/mol. The number of carboxylic acid groups (broad SMARTS) is 1. The molecule has 0 bridgehead atoms. The molecule has 2 heterocycles. The van der Waals surface area contributed by atoms with Crippen molar-refractivity contribution >= 4 is 23.2 Å². The molecule has 1 aliphatic rings. The Kier molecular flexibility index (Phi) is 4.45. The molecule has 0 radical (unpaired) electrons. The highest BCUT2D eigenvalue weighted by Gasteiger charge is 2.38. The Hall–Kier alpha value is -1.40. The normalized spacial score (nSPS) is 23.0. The van der Waals surface area contributed by atoms with Gasteiger partial charge < -0.3 is 15.7 Å². The van der Waals surface area contributed by atoms with E-state index < -0.39 is 12.0 Å². The number of carbonyl (C=O) groups is 2. The quantitative estimate of drug-likeness (QED) is 0.791. The van der Waals surface area contributed by atoms with Crippen molar-refractivity contribution in [2.45, 2.75) is 38.8 Å². The Balaban J connectivity index is 2.11. The van der Waals surface area contributed by atoms with Crippen LogP contribution in [0.25, 0.3) is 0 Å². The van der Waals surface area contributed by atoms with Crippen molar-refractivity contribution in [1.29, 1.82) is 0 Å². The highest BCUT2D eigenvalue weighted by molar-refractivity contribution is 7.10. The molecule has 20 heavy (non-hydrogen) atoms. The zero-order chi connectivity index (χ0) is 14.8. The van der Waals surface area contributed by atoms with Crippen LogP contribution in [-0.4, -0.2) is 29.6 Å². The summed E-state index contributed by atoms with van der Waals surface area (Å²) in [6.07, 6.45) is 1.99. The van der Waals surface area contributed by atoms with E-state index in [1.165, 1.54) is 11.3 Å². The standard InChI is InChI=1S/C14H20N2O3S/c1-14(2)6-4-7-15-11(14)12(17)16-10(13(18)19)9-5-3-8-20-9/h3,5,8,10-11,15H,4,6-7H2,1-2H3,(H,16,17)(H,18,19). The molecule has 1 aromatic rings. The van der Waals surface area contributed by atoms with E-state index in [0.29, 0.717) is 4.88 Å². The van der Waals surface area contributed by atoms with E-state index in [1.807, 2.05) is 13.8 Å². The van der Waals surface area contributed by atoms with E-state index in [4.69, 9.17) is 0 Å². The van der Waals surface area contributed by atoms with Gasteiger partial charge in [0.2, 0.25) is 5.91 Å². The molecule has 1 fully saturated rings. The fourth-order valence-corrected chi connectivity index (χ4v) is 3.36. The van der Waals surface area contributed by atoms with Crippen LogP contribution in [0.1, 0.15) is 37.6 Å². The summed E-state index contributed by atoms with van der Waals surface area (Å²) in [5, 5.41) is 17.0. The summed E-state index contributed by atoms with van der Waals surface area (Å²) in [6.45, 7) is 4.85. The number of hydrogen-bond acceptors (Lipinski definition) is 4. The predicted octanol–water partition coefficient (Wildman–Crippen LogP) is 1.77. The molecular formula is C14H20N2O3S. The minimum Gasteiger partial charge on any atom is -0.479 e. The van der Waals surface area contributed by atoms with Gasteiger partial charge in [-0.2, -0.15) is 0 Å². The first-order valence-corrected chi connectivity index (χ1v) is 7.60. The molecule has 2 atom stereocenters. The van der Waals surface area contributed by atoms with E-state index >= 15 is 0 Å². The summed E-state index contributed by atoms with van der Waals surface area (Å²) < 4.78 is 0. The third kappa shape index (κ3) is 3.19. The fourth-order valence-electron chi connectivity index (χ4n) is 2.59. The van der Waals surface area contributed by atoms with Crippen molar-refractivity contribution in [2.24, 2.45) is 5.41 Å². The lowest BCUT2D eigenvalue weighted by Crippen LogP contribution is -2.56. The van der Waals surface area contributed by atoms with Gasteiger partial charge in [0, 0.05) is 4.88 Å². The van der Waals surface area contributed by atoms with Crippen molar-refractivity contribution in [3.8, 4) is 0 Å². The van der Waals surface area contributed by atoms with Crippen molar-refractivity contribution in [2.75, 3.05) is 6.54 Å². The van der Waals surface area contributed by atoms with Gasteiger partial charge in [-0.05, 0) is 36.2 Å². The lowest BCUT2D eigenvalue weighted by atomic mass is 9.77. The number of nitrogens with one attached hydrogen (secondary N) is 2. The minimum absolute atomic E-state index is 0.166. The first-order valence-electron chi connectivity index (χ1n) is 6.72. The second-order valence-electron chi connectivity index (χ2n) is 5.77. The van der Waals surface area contributed by atoms with Gasteiger partial charge in [0.05, 0.1) is 6.04 Å². The van der Waals surface area contributed by atoms with Gasteiger partial charge >= 0.3 is 5.97 Å². The van der Waals surface area contributed by atoms with Crippen molar-refractivity contribution in [3.63, 3.8) is 0 Å². The first kappa shape index (κ1) is 15.0. The van der Waals surface area contributed by atoms with E-state index in [9.17, 15) is 14.7 Å². The van der Waals surface area contributed by atoms with Crippen LogP contribution < -0.4 is 10.6 Å². The van der Waals surface area contributed by atoms with Crippen molar-refractivity contribution < 1.29 is 14.7 Å². The molecule has 1 aromatic heterocycles. The Morgan fingerprint density at radius 2 is 2.30 bits per heavy atom. The number of amides is 1. The summed E-state index contributed by atoms with van der Waals surface area (Å²) in [4.78, 5) is 24.4. The molecule has 2 rings (SSSR count). The maximum Gasteiger partial charge on any atom is 0.331 e. The van der Waals surface area contributed by atoms with E-state index in [0.717, 1.165) is 19.4 Å². The lowest BCUT2D eigenvalue weighted by molar-refractivity contribution is -0.143. The van der Waals surface area contributed by atoms with Gasteiger partial charge in [0.1, 0.15) is 0 Å². The Morgan fingerprint density at radius 3 is 2.85 bits per heavy atom. The smallest absolute Gasteiger partial charge is 0.331 e. The highest BCUT2D eigenvalue weighted by atomic mass is 32.1. The van der Waals surface area contributed by atoms with Crippen LogP contribution in [0.3, 0.4) is 0 Å². The van der Waals surface area contributed by atoms with Gasteiger partial charge in [-0.3, -0.25) is 4.79 Å². The Bertz CT molecular complexity index is 485. The number of hydrogen-bond donors (Lipinski definition) is 3. The summed E-state index contributed by atoms with van der Waals surface area (Å²) in [7, 11) is 0. The highest BCUT2D eigenvalue weighted by Crippen LogP contribution is 2.30. The van der Waals surface area contributed by atoms with Crippen LogP contribution in [0.15, 0.2) is 17.5 Å². The Labute approximate surface area is 122 Å². The van der Waals surface area contributed by atoms with Gasteiger partial charge in [-0.15, -0.1) is 11.3 Å². The molecule has 0 saturated carbocycles. The topological polar surface area (TPSA) is 78.4 Å². The molecule has 0 spiro atoms. The summed E-state index contributed by atoms with van der Waals surface area (Å²) in [5.41, 5.74) is -0.166. The predicted molar refractivity (Wildman–Crippen MR) is 77.6 cm³/mol. The van der Waals surface area contributed by atoms with Crippen LogP contribution in [-0.2, 0) is 9.59 Å². The van der Waals surface area contributed by atoms with Crippen LogP contribution in [0.2, 0.25) is 0 Å². The van der Waals surface area contributed by atoms with Crippen LogP contribution >= 0.6 is 11.3 Å². The summed E-state index contributed by atoms with van der Waals surface area (Å²) in [6, 6.07) is 2.19. The third-order valence-corrected chi connectivity index (χ3v) is 4.69. The number of carboxylic acids is 1. The van der Waals surface area contributed by atoms with Gasteiger partial charge in [-0.25, -0.2) is 4.79 Å². The van der Waals surface area contributed by atoms with E-state index in [2.05, 4.69) is 10.6 Å². The number of thiophene rings is 1. The molecule has 0 aliphatic carbocycles. The van der Waals surface area contributed by atoms with Crippen molar-refractivity contribution in [1.82, 2.24) is 10.6 Å². The zero-order valence-electron chi connectivity index (χ0n) is 11.7. The molecule has 2 unspecified atom stereocenters. The van der Waals surface area contributed by atoms with E-state index in [1.54, 1.807) is 17.5 Å². The maximum absolute atomic E-state index is 12.4. The fraction of sp³-hybridized carbons (Fsp3) is 0.571. The average Bonchev–Trinajstić information content (AvgIpc) is 2.88. The maximum atomic E-state index is 12.4. The van der Waals surface area contributed by atoms with Gasteiger partial charge in [0.25, 0.3) is 0 Å². The van der Waals surface area contributed by atoms with E-state index in [-0.39, 0.29) is 17.4 Å². The molecule has 6 heteroatoms.